The van der Waals surface area contributed by atoms with Crippen LogP contribution in [0.25, 0.3) is 0 Å². The smallest absolute Gasteiger partial charge is 0.340 e. The summed E-state index contributed by atoms with van der Waals surface area (Å²) < 4.78 is 5.23. The number of amides is 2. The lowest BCUT2D eigenvalue weighted by Gasteiger charge is -2.15. The van der Waals surface area contributed by atoms with E-state index in [9.17, 15) is 19.2 Å². The second kappa shape index (κ2) is 10.6. The lowest BCUT2D eigenvalue weighted by Crippen LogP contribution is -2.23. The lowest BCUT2D eigenvalue weighted by atomic mass is 10.1. The van der Waals surface area contributed by atoms with Crippen molar-refractivity contribution in [1.29, 1.82) is 0 Å². The van der Waals surface area contributed by atoms with Gasteiger partial charge >= 0.3 is 5.97 Å². The minimum atomic E-state index is -0.705. The van der Waals surface area contributed by atoms with Gasteiger partial charge in [0.25, 0.3) is 0 Å². The topological polar surface area (TPSA) is 92.8 Å². The molecule has 2 amide bonds. The van der Waals surface area contributed by atoms with Crippen LogP contribution in [0.5, 0.6) is 0 Å². The molecule has 34 heavy (non-hydrogen) atoms. The number of ether oxygens (including phenoxy) is 1. The normalized spacial score (nSPS) is 12.9. The molecular formula is C27H24N2O5. The molecule has 1 aliphatic heterocycles. The third-order valence-corrected chi connectivity index (χ3v) is 5.54. The van der Waals surface area contributed by atoms with Gasteiger partial charge in [0.2, 0.25) is 11.8 Å². The molecule has 0 atom stereocenters. The van der Waals surface area contributed by atoms with E-state index in [2.05, 4.69) is 5.32 Å². The number of rotatable bonds is 8. The highest BCUT2D eigenvalue weighted by atomic mass is 16.5. The van der Waals surface area contributed by atoms with Crippen molar-refractivity contribution >= 4 is 34.9 Å². The molecule has 3 aromatic carbocycles. The van der Waals surface area contributed by atoms with Crippen LogP contribution in [0.3, 0.4) is 0 Å². The van der Waals surface area contributed by atoms with Crippen molar-refractivity contribution in [2.45, 2.75) is 19.3 Å². The SMILES string of the molecule is O=C(Cc1ccccc1)Nc1ccccc1C(=O)OCC(=O)c1ccc(N2CCCC2=O)cc1. The van der Waals surface area contributed by atoms with Crippen LogP contribution in [0.2, 0.25) is 0 Å². The van der Waals surface area contributed by atoms with E-state index in [1.165, 1.54) is 6.07 Å². The first-order valence-electron chi connectivity index (χ1n) is 11.0. The van der Waals surface area contributed by atoms with Gasteiger partial charge in [-0.1, -0.05) is 42.5 Å². The zero-order valence-corrected chi connectivity index (χ0v) is 18.5. The van der Waals surface area contributed by atoms with Crippen LogP contribution in [0, 0.1) is 0 Å². The number of carbonyl (C=O) groups excluding carboxylic acids is 4. The predicted molar refractivity (Wildman–Crippen MR) is 128 cm³/mol. The molecule has 0 unspecified atom stereocenters. The summed E-state index contributed by atoms with van der Waals surface area (Å²) in [6, 6.07) is 22.5. The molecule has 172 valence electrons. The number of carbonyl (C=O) groups is 4. The summed E-state index contributed by atoms with van der Waals surface area (Å²) in [5.74, 6) is -1.26. The molecule has 0 bridgehead atoms. The first-order valence-corrected chi connectivity index (χ1v) is 11.0. The summed E-state index contributed by atoms with van der Waals surface area (Å²) in [4.78, 5) is 51.1. The van der Waals surface area contributed by atoms with Crippen LogP contribution < -0.4 is 10.2 Å². The monoisotopic (exact) mass is 456 g/mol. The van der Waals surface area contributed by atoms with Crippen molar-refractivity contribution in [3.8, 4) is 0 Å². The standard InChI is InChI=1S/C27H24N2O5/c30-24(20-12-14-21(15-13-20)29-16-6-11-26(29)32)18-34-27(33)22-9-4-5-10-23(22)28-25(31)17-19-7-2-1-3-8-19/h1-5,7-10,12-15H,6,11,16-18H2,(H,28,31). The molecule has 4 rings (SSSR count). The molecule has 0 aliphatic carbocycles. The van der Waals surface area contributed by atoms with Crippen molar-refractivity contribution in [2.24, 2.45) is 0 Å². The number of anilines is 2. The van der Waals surface area contributed by atoms with Crippen LogP contribution in [-0.2, 0) is 20.7 Å². The number of hydrogen-bond donors (Lipinski definition) is 1. The highest BCUT2D eigenvalue weighted by Gasteiger charge is 2.22. The van der Waals surface area contributed by atoms with Gasteiger partial charge in [0.1, 0.15) is 0 Å². The fourth-order valence-corrected chi connectivity index (χ4v) is 3.79. The molecule has 1 saturated heterocycles. The van der Waals surface area contributed by atoms with Crippen LogP contribution in [-0.4, -0.2) is 36.7 Å². The summed E-state index contributed by atoms with van der Waals surface area (Å²) in [5.41, 5.74) is 2.47. The van der Waals surface area contributed by atoms with E-state index in [4.69, 9.17) is 4.74 Å². The molecule has 3 aromatic rings. The summed E-state index contributed by atoms with van der Waals surface area (Å²) in [7, 11) is 0. The third kappa shape index (κ3) is 5.56. The Hall–Kier alpha value is -4.26. The fraction of sp³-hybridized carbons (Fsp3) is 0.185. The van der Waals surface area contributed by atoms with E-state index in [1.54, 1.807) is 47.4 Å². The van der Waals surface area contributed by atoms with E-state index < -0.39 is 12.6 Å². The first-order chi connectivity index (χ1) is 16.5. The number of hydrogen-bond acceptors (Lipinski definition) is 5. The van der Waals surface area contributed by atoms with Gasteiger partial charge in [-0.2, -0.15) is 0 Å². The number of para-hydroxylation sites is 1. The average Bonchev–Trinajstić information content (AvgIpc) is 3.29. The largest absolute Gasteiger partial charge is 0.454 e. The van der Waals surface area contributed by atoms with Crippen molar-refractivity contribution in [3.63, 3.8) is 0 Å². The minimum absolute atomic E-state index is 0.0718. The molecule has 0 spiro atoms. The molecule has 0 radical (unpaired) electrons. The molecular weight excluding hydrogens is 432 g/mol. The quantitative estimate of drug-likeness (QED) is 0.408. The third-order valence-electron chi connectivity index (χ3n) is 5.54. The maximum absolute atomic E-state index is 12.6. The summed E-state index contributed by atoms with van der Waals surface area (Å²) in [5, 5.41) is 2.74. The maximum atomic E-state index is 12.6. The second-order valence-corrected chi connectivity index (χ2v) is 7.95. The van der Waals surface area contributed by atoms with Crippen LogP contribution in [0.1, 0.15) is 39.1 Å². The van der Waals surface area contributed by atoms with E-state index >= 15 is 0 Å². The minimum Gasteiger partial charge on any atom is -0.454 e. The number of nitrogens with one attached hydrogen (secondary N) is 1. The van der Waals surface area contributed by atoms with Gasteiger partial charge < -0.3 is 15.0 Å². The molecule has 0 saturated carbocycles. The van der Waals surface area contributed by atoms with Gasteiger partial charge in [-0.05, 0) is 48.4 Å². The Morgan fingerprint density at radius 3 is 2.29 bits per heavy atom. The highest BCUT2D eigenvalue weighted by Crippen LogP contribution is 2.22. The number of ketones is 1. The predicted octanol–water partition coefficient (Wildman–Crippen LogP) is 4.03. The van der Waals surface area contributed by atoms with Crippen molar-refractivity contribution in [2.75, 3.05) is 23.4 Å². The van der Waals surface area contributed by atoms with E-state index in [0.717, 1.165) is 17.7 Å². The molecule has 1 aliphatic rings. The average molecular weight is 456 g/mol. The summed E-state index contributed by atoms with van der Waals surface area (Å²) >= 11 is 0. The highest BCUT2D eigenvalue weighted by molar-refractivity contribution is 6.04. The molecule has 1 heterocycles. The van der Waals surface area contributed by atoms with Crippen LogP contribution in [0.15, 0.2) is 78.9 Å². The molecule has 7 nitrogen and oxygen atoms in total. The Morgan fingerprint density at radius 1 is 0.882 bits per heavy atom. The lowest BCUT2D eigenvalue weighted by molar-refractivity contribution is -0.117. The maximum Gasteiger partial charge on any atom is 0.340 e. The van der Waals surface area contributed by atoms with Crippen molar-refractivity contribution < 1.29 is 23.9 Å². The number of benzene rings is 3. The summed E-state index contributed by atoms with van der Waals surface area (Å²) in [6.07, 6.45) is 1.52. The van der Waals surface area contributed by atoms with Gasteiger partial charge in [0, 0.05) is 24.2 Å². The van der Waals surface area contributed by atoms with Crippen LogP contribution in [0.4, 0.5) is 11.4 Å². The summed E-state index contributed by atoms with van der Waals surface area (Å²) in [6.45, 7) is 0.234. The number of nitrogens with zero attached hydrogens (tertiary/aromatic N) is 1. The van der Waals surface area contributed by atoms with Crippen molar-refractivity contribution in [1.82, 2.24) is 0 Å². The van der Waals surface area contributed by atoms with Gasteiger partial charge in [0.15, 0.2) is 12.4 Å². The Labute approximate surface area is 197 Å². The van der Waals surface area contributed by atoms with Gasteiger partial charge in [-0.15, -0.1) is 0 Å². The second-order valence-electron chi connectivity index (χ2n) is 7.95. The van der Waals surface area contributed by atoms with E-state index in [-0.39, 0.29) is 29.6 Å². The number of esters is 1. The Kier molecular flexibility index (Phi) is 7.13. The fourth-order valence-electron chi connectivity index (χ4n) is 3.79. The zero-order chi connectivity index (χ0) is 23.9. The van der Waals surface area contributed by atoms with E-state index in [0.29, 0.717) is 24.2 Å². The Balaban J connectivity index is 1.35. The number of Topliss-reactive ketones (excluding diaryl/α,β-unsaturated/α-hetero) is 1. The molecule has 7 heteroatoms. The first kappa shape index (κ1) is 22.9. The zero-order valence-electron chi connectivity index (χ0n) is 18.5. The molecule has 1 fully saturated rings. The van der Waals surface area contributed by atoms with Crippen LogP contribution >= 0.6 is 0 Å². The van der Waals surface area contributed by atoms with Gasteiger partial charge in [0.05, 0.1) is 17.7 Å². The van der Waals surface area contributed by atoms with Gasteiger partial charge in [-0.3, -0.25) is 14.4 Å². The Morgan fingerprint density at radius 2 is 1.59 bits per heavy atom. The molecule has 0 aromatic heterocycles. The van der Waals surface area contributed by atoms with E-state index in [1.807, 2.05) is 30.3 Å². The van der Waals surface area contributed by atoms with Crippen molar-refractivity contribution in [3.05, 3.63) is 95.6 Å². The molecule has 1 N–H and O–H groups in total. The van der Waals surface area contributed by atoms with Gasteiger partial charge in [-0.25, -0.2) is 4.79 Å². The Bertz CT molecular complexity index is 1210.